The first kappa shape index (κ1) is 13.2. The van der Waals surface area contributed by atoms with Crippen LogP contribution in [0, 0.1) is 17.3 Å². The number of fused-ring (bicyclic) bond motifs is 1. The fraction of sp³-hybridized carbons (Fsp3) is 0.706. The van der Waals surface area contributed by atoms with Gasteiger partial charge in [-0.1, -0.05) is 20.3 Å². The number of hydrogen-bond donors (Lipinski definition) is 0. The molecule has 2 saturated carbocycles. The highest BCUT2D eigenvalue weighted by Crippen LogP contribution is 2.66. The maximum atomic E-state index is 12.6. The Balaban J connectivity index is 1.45. The predicted octanol–water partition coefficient (Wildman–Crippen LogP) is 2.71. The van der Waals surface area contributed by atoms with E-state index in [-0.39, 0.29) is 0 Å². The lowest BCUT2D eigenvalue weighted by atomic mass is 9.79. The van der Waals surface area contributed by atoms with Crippen LogP contribution in [0.4, 0.5) is 0 Å². The van der Waals surface area contributed by atoms with Crippen molar-refractivity contribution >= 4 is 5.91 Å². The summed E-state index contributed by atoms with van der Waals surface area (Å²) < 4.78 is 0. The van der Waals surface area contributed by atoms with Gasteiger partial charge in [-0.05, 0) is 30.6 Å². The molecular weight excluding hydrogens is 262 g/mol. The van der Waals surface area contributed by atoms with Gasteiger partial charge in [0.1, 0.15) is 5.82 Å². The molecule has 1 spiro atoms. The number of aromatic nitrogens is 2. The molecule has 2 fully saturated rings. The normalized spacial score (nSPS) is 25.1. The molecule has 0 N–H and O–H groups in total. The minimum absolute atomic E-state index is 0.309. The van der Waals surface area contributed by atoms with Crippen LogP contribution in [-0.2, 0) is 24.3 Å². The molecule has 1 aromatic rings. The average Bonchev–Trinajstić information content (AvgIpc) is 3.03. The molecule has 0 radical (unpaired) electrons. The number of carbonyl (C=O) groups is 1. The Morgan fingerprint density at radius 2 is 2.24 bits per heavy atom. The van der Waals surface area contributed by atoms with Gasteiger partial charge in [-0.3, -0.25) is 4.79 Å². The third kappa shape index (κ3) is 2.16. The summed E-state index contributed by atoms with van der Waals surface area (Å²) in [5.74, 6) is 2.15. The zero-order valence-corrected chi connectivity index (χ0v) is 12.9. The quantitative estimate of drug-likeness (QED) is 0.858. The second-order valence-electron chi connectivity index (χ2n) is 7.52. The van der Waals surface area contributed by atoms with Gasteiger partial charge in [0, 0.05) is 30.6 Å². The Morgan fingerprint density at radius 3 is 2.86 bits per heavy atom. The predicted molar refractivity (Wildman–Crippen MR) is 79.2 cm³/mol. The van der Waals surface area contributed by atoms with E-state index in [1.54, 1.807) is 0 Å². The Hall–Kier alpha value is -1.45. The summed E-state index contributed by atoms with van der Waals surface area (Å²) >= 11 is 0. The molecule has 0 unspecified atom stereocenters. The summed E-state index contributed by atoms with van der Waals surface area (Å²) in [7, 11) is 0. The second-order valence-corrected chi connectivity index (χ2v) is 7.52. The van der Waals surface area contributed by atoms with Crippen molar-refractivity contribution in [1.29, 1.82) is 0 Å². The minimum Gasteiger partial charge on any atom is -0.332 e. The molecular formula is C17H23N3O. The van der Waals surface area contributed by atoms with Gasteiger partial charge < -0.3 is 4.90 Å². The van der Waals surface area contributed by atoms with Crippen molar-refractivity contribution in [1.82, 2.24) is 14.9 Å². The maximum absolute atomic E-state index is 12.6. The van der Waals surface area contributed by atoms with Crippen LogP contribution < -0.4 is 0 Å². The standard InChI is InChI=1S/C17H23N3O/c1-11(2)6-15-18-8-12-9-20(10-14(12)19-15)16(21)13-7-17(13)4-3-5-17/h8,11,13H,3-7,9-10H2,1-2H3/t13-/m1/s1. The lowest BCUT2D eigenvalue weighted by Crippen LogP contribution is -2.30. The molecule has 2 aliphatic carbocycles. The largest absolute Gasteiger partial charge is 0.332 e. The van der Waals surface area contributed by atoms with Crippen molar-refractivity contribution in [2.24, 2.45) is 17.3 Å². The summed E-state index contributed by atoms with van der Waals surface area (Å²) in [6.07, 6.45) is 7.81. The molecule has 4 heteroatoms. The van der Waals surface area contributed by atoms with Crippen LogP contribution in [0.1, 0.15) is 56.6 Å². The van der Waals surface area contributed by atoms with E-state index in [1.165, 1.54) is 19.3 Å². The van der Waals surface area contributed by atoms with Gasteiger partial charge in [0.05, 0.1) is 12.2 Å². The summed E-state index contributed by atoms with van der Waals surface area (Å²) in [5.41, 5.74) is 2.62. The topological polar surface area (TPSA) is 46.1 Å². The fourth-order valence-electron chi connectivity index (χ4n) is 3.91. The third-order valence-electron chi connectivity index (χ3n) is 5.45. The van der Waals surface area contributed by atoms with E-state index < -0.39 is 0 Å². The summed E-state index contributed by atoms with van der Waals surface area (Å²) in [4.78, 5) is 23.7. The van der Waals surface area contributed by atoms with Crippen molar-refractivity contribution in [2.45, 2.75) is 59.0 Å². The van der Waals surface area contributed by atoms with E-state index in [2.05, 4.69) is 23.8 Å². The first-order chi connectivity index (χ1) is 10.1. The number of nitrogens with zero attached hydrogens (tertiary/aromatic N) is 3. The van der Waals surface area contributed by atoms with Crippen molar-refractivity contribution < 1.29 is 4.79 Å². The summed E-state index contributed by atoms with van der Waals surface area (Å²) in [6, 6.07) is 0. The Kier molecular flexibility index (Phi) is 2.85. The maximum Gasteiger partial charge on any atom is 0.226 e. The van der Waals surface area contributed by atoms with Crippen LogP contribution in [0.2, 0.25) is 0 Å². The number of hydrogen-bond acceptors (Lipinski definition) is 3. The van der Waals surface area contributed by atoms with Crippen LogP contribution in [0.25, 0.3) is 0 Å². The number of amides is 1. The fourth-order valence-corrected chi connectivity index (χ4v) is 3.91. The Bertz CT molecular complexity index is 592. The van der Waals surface area contributed by atoms with Crippen LogP contribution in [0.15, 0.2) is 6.20 Å². The number of carbonyl (C=O) groups excluding carboxylic acids is 1. The Morgan fingerprint density at radius 1 is 1.43 bits per heavy atom. The number of rotatable bonds is 3. The molecule has 2 heterocycles. The SMILES string of the molecule is CC(C)Cc1ncc2c(n1)CN(C(=O)[C@H]1CC13CCC3)C2. The lowest BCUT2D eigenvalue weighted by Gasteiger charge is -2.27. The first-order valence-electron chi connectivity index (χ1n) is 8.20. The van der Waals surface area contributed by atoms with Crippen LogP contribution in [0.5, 0.6) is 0 Å². The van der Waals surface area contributed by atoms with E-state index in [4.69, 9.17) is 0 Å². The molecule has 21 heavy (non-hydrogen) atoms. The zero-order chi connectivity index (χ0) is 14.6. The van der Waals surface area contributed by atoms with Gasteiger partial charge >= 0.3 is 0 Å². The molecule has 4 rings (SSSR count). The van der Waals surface area contributed by atoms with Crippen molar-refractivity contribution in [3.8, 4) is 0 Å². The summed E-state index contributed by atoms with van der Waals surface area (Å²) in [6.45, 7) is 5.76. The molecule has 112 valence electrons. The molecule has 0 saturated heterocycles. The van der Waals surface area contributed by atoms with Crippen LogP contribution in [-0.4, -0.2) is 20.8 Å². The molecule has 0 bridgehead atoms. The van der Waals surface area contributed by atoms with Crippen molar-refractivity contribution in [2.75, 3.05) is 0 Å². The molecule has 1 amide bonds. The average molecular weight is 285 g/mol. The van der Waals surface area contributed by atoms with Crippen molar-refractivity contribution in [3.63, 3.8) is 0 Å². The molecule has 4 nitrogen and oxygen atoms in total. The summed E-state index contributed by atoms with van der Waals surface area (Å²) in [5, 5.41) is 0. The lowest BCUT2D eigenvalue weighted by molar-refractivity contribution is -0.134. The highest BCUT2D eigenvalue weighted by molar-refractivity contribution is 5.83. The smallest absolute Gasteiger partial charge is 0.226 e. The van der Waals surface area contributed by atoms with Gasteiger partial charge in [-0.15, -0.1) is 0 Å². The second kappa shape index (κ2) is 4.52. The first-order valence-corrected chi connectivity index (χ1v) is 8.20. The monoisotopic (exact) mass is 285 g/mol. The molecule has 1 aliphatic heterocycles. The molecule has 0 aromatic carbocycles. The van der Waals surface area contributed by atoms with Crippen LogP contribution >= 0.6 is 0 Å². The van der Waals surface area contributed by atoms with Gasteiger partial charge in [-0.2, -0.15) is 0 Å². The van der Waals surface area contributed by atoms with Gasteiger partial charge in [0.25, 0.3) is 0 Å². The molecule has 1 atom stereocenters. The highest BCUT2D eigenvalue weighted by Gasteiger charge is 2.61. The van der Waals surface area contributed by atoms with E-state index >= 15 is 0 Å². The minimum atomic E-state index is 0.309. The van der Waals surface area contributed by atoms with Gasteiger partial charge in [0.2, 0.25) is 5.91 Å². The van der Waals surface area contributed by atoms with Crippen LogP contribution in [0.3, 0.4) is 0 Å². The van der Waals surface area contributed by atoms with E-state index in [0.29, 0.717) is 36.2 Å². The van der Waals surface area contributed by atoms with E-state index in [1.807, 2.05) is 11.1 Å². The van der Waals surface area contributed by atoms with E-state index in [9.17, 15) is 4.79 Å². The third-order valence-corrected chi connectivity index (χ3v) is 5.45. The van der Waals surface area contributed by atoms with Crippen molar-refractivity contribution in [3.05, 3.63) is 23.3 Å². The molecule has 3 aliphatic rings. The van der Waals surface area contributed by atoms with Gasteiger partial charge in [-0.25, -0.2) is 9.97 Å². The molecule has 1 aromatic heterocycles. The van der Waals surface area contributed by atoms with E-state index in [0.717, 1.165) is 29.9 Å². The van der Waals surface area contributed by atoms with Gasteiger partial charge in [0.15, 0.2) is 0 Å². The highest BCUT2D eigenvalue weighted by atomic mass is 16.2. The Labute approximate surface area is 126 Å². The zero-order valence-electron chi connectivity index (χ0n) is 12.9.